The van der Waals surface area contributed by atoms with Gasteiger partial charge in [-0.15, -0.1) is 0 Å². The molecule has 0 spiro atoms. The quantitative estimate of drug-likeness (QED) is 0.711. The molecule has 1 fully saturated rings. The highest BCUT2D eigenvalue weighted by Gasteiger charge is 2.19. The summed E-state index contributed by atoms with van der Waals surface area (Å²) in [5.74, 6) is 1.59. The van der Waals surface area contributed by atoms with E-state index in [0.29, 0.717) is 5.92 Å². The van der Waals surface area contributed by atoms with Gasteiger partial charge >= 0.3 is 0 Å². The Kier molecular flexibility index (Phi) is 6.39. The molecular formula is C17H26BrN. The second-order valence-electron chi connectivity index (χ2n) is 5.77. The fraction of sp³-hybridized carbons (Fsp3) is 0.647. The van der Waals surface area contributed by atoms with E-state index in [2.05, 4.69) is 58.1 Å². The number of hydrogen-bond donors (Lipinski definition) is 0. The largest absolute Gasteiger partial charge is 0.303 e. The zero-order valence-corrected chi connectivity index (χ0v) is 13.6. The van der Waals surface area contributed by atoms with Crippen molar-refractivity contribution in [2.75, 3.05) is 25.0 Å². The van der Waals surface area contributed by atoms with E-state index in [1.54, 1.807) is 0 Å². The van der Waals surface area contributed by atoms with Crippen molar-refractivity contribution in [1.29, 1.82) is 0 Å². The Morgan fingerprint density at radius 2 is 2.00 bits per heavy atom. The van der Waals surface area contributed by atoms with Gasteiger partial charge in [0.15, 0.2) is 0 Å². The van der Waals surface area contributed by atoms with Gasteiger partial charge in [0, 0.05) is 17.8 Å². The predicted octanol–water partition coefficient (Wildman–Crippen LogP) is 4.68. The standard InChI is InChI=1S/C17H26BrN/c1-2-15-7-6-11-19(12-10-15)14-17(13-18)16-8-4-3-5-9-16/h3-5,8-9,15,17H,2,6-7,10-14H2,1H3. The van der Waals surface area contributed by atoms with E-state index in [1.165, 1.54) is 50.9 Å². The van der Waals surface area contributed by atoms with Gasteiger partial charge in [-0.3, -0.25) is 0 Å². The lowest BCUT2D eigenvalue weighted by atomic mass is 9.98. The van der Waals surface area contributed by atoms with Gasteiger partial charge in [0.05, 0.1) is 0 Å². The average Bonchev–Trinajstić information content (AvgIpc) is 2.70. The molecule has 2 heteroatoms. The summed E-state index contributed by atoms with van der Waals surface area (Å²) in [6, 6.07) is 10.9. The molecule has 1 heterocycles. The third kappa shape index (κ3) is 4.61. The third-order valence-electron chi connectivity index (χ3n) is 4.45. The lowest BCUT2D eigenvalue weighted by molar-refractivity contribution is 0.268. The molecule has 1 aromatic rings. The summed E-state index contributed by atoms with van der Waals surface area (Å²) in [6.45, 7) is 6.11. The molecule has 0 aromatic heterocycles. The maximum absolute atomic E-state index is 3.70. The number of nitrogens with zero attached hydrogens (tertiary/aromatic N) is 1. The SMILES string of the molecule is CCC1CCCN(CC(CBr)c2ccccc2)CC1. The average molecular weight is 324 g/mol. The molecule has 1 aliphatic heterocycles. The van der Waals surface area contributed by atoms with Crippen LogP contribution in [0.5, 0.6) is 0 Å². The molecule has 19 heavy (non-hydrogen) atoms. The predicted molar refractivity (Wildman–Crippen MR) is 87.0 cm³/mol. The van der Waals surface area contributed by atoms with Gasteiger partial charge in [-0.1, -0.05) is 59.6 Å². The molecule has 1 aromatic carbocycles. The van der Waals surface area contributed by atoms with Crippen LogP contribution < -0.4 is 0 Å². The van der Waals surface area contributed by atoms with E-state index in [-0.39, 0.29) is 0 Å². The van der Waals surface area contributed by atoms with Crippen LogP contribution in [-0.4, -0.2) is 29.9 Å². The van der Waals surface area contributed by atoms with Gasteiger partial charge in [-0.05, 0) is 43.8 Å². The maximum Gasteiger partial charge on any atom is 0.0112 e. The van der Waals surface area contributed by atoms with Crippen molar-refractivity contribution in [3.63, 3.8) is 0 Å². The van der Waals surface area contributed by atoms with Crippen LogP contribution in [0.1, 0.15) is 44.1 Å². The molecule has 0 aliphatic carbocycles. The normalized spacial score (nSPS) is 22.9. The summed E-state index contributed by atoms with van der Waals surface area (Å²) in [4.78, 5) is 2.68. The summed E-state index contributed by atoms with van der Waals surface area (Å²) in [5, 5.41) is 1.06. The smallest absolute Gasteiger partial charge is 0.0112 e. The minimum Gasteiger partial charge on any atom is -0.303 e. The van der Waals surface area contributed by atoms with Gasteiger partial charge < -0.3 is 4.90 Å². The number of halogens is 1. The molecule has 0 N–H and O–H groups in total. The fourth-order valence-corrected chi connectivity index (χ4v) is 3.67. The van der Waals surface area contributed by atoms with Crippen LogP contribution in [0.15, 0.2) is 30.3 Å². The van der Waals surface area contributed by atoms with Crippen molar-refractivity contribution < 1.29 is 0 Å². The lowest BCUT2D eigenvalue weighted by Gasteiger charge is -2.25. The van der Waals surface area contributed by atoms with Crippen molar-refractivity contribution in [3.05, 3.63) is 35.9 Å². The molecule has 0 amide bonds. The molecule has 1 aliphatic rings. The van der Waals surface area contributed by atoms with E-state index in [4.69, 9.17) is 0 Å². The second-order valence-corrected chi connectivity index (χ2v) is 6.42. The van der Waals surface area contributed by atoms with Crippen molar-refractivity contribution in [2.24, 2.45) is 5.92 Å². The highest BCUT2D eigenvalue weighted by atomic mass is 79.9. The minimum absolute atomic E-state index is 0.624. The van der Waals surface area contributed by atoms with Crippen molar-refractivity contribution in [1.82, 2.24) is 4.90 Å². The Morgan fingerprint density at radius 3 is 2.68 bits per heavy atom. The molecule has 1 saturated heterocycles. The second kappa shape index (κ2) is 8.06. The zero-order chi connectivity index (χ0) is 13.5. The molecule has 0 saturated carbocycles. The molecule has 1 nitrogen and oxygen atoms in total. The Morgan fingerprint density at radius 1 is 1.21 bits per heavy atom. The van der Waals surface area contributed by atoms with E-state index >= 15 is 0 Å². The van der Waals surface area contributed by atoms with Gasteiger partial charge in [0.25, 0.3) is 0 Å². The highest BCUT2D eigenvalue weighted by molar-refractivity contribution is 9.09. The summed E-state index contributed by atoms with van der Waals surface area (Å²) >= 11 is 3.70. The first-order valence-corrected chi connectivity index (χ1v) is 8.79. The Labute approximate surface area is 126 Å². The molecular weight excluding hydrogens is 298 g/mol. The van der Waals surface area contributed by atoms with Gasteiger partial charge in [0.2, 0.25) is 0 Å². The Bertz CT molecular complexity index is 352. The van der Waals surface area contributed by atoms with Crippen molar-refractivity contribution >= 4 is 15.9 Å². The molecule has 2 atom stereocenters. The topological polar surface area (TPSA) is 3.24 Å². The van der Waals surface area contributed by atoms with Crippen LogP contribution in [0, 0.1) is 5.92 Å². The molecule has 106 valence electrons. The van der Waals surface area contributed by atoms with E-state index in [9.17, 15) is 0 Å². The summed E-state index contributed by atoms with van der Waals surface area (Å²) in [7, 11) is 0. The van der Waals surface area contributed by atoms with Crippen molar-refractivity contribution in [2.45, 2.75) is 38.5 Å². The number of alkyl halides is 1. The van der Waals surface area contributed by atoms with Crippen LogP contribution in [-0.2, 0) is 0 Å². The summed E-state index contributed by atoms with van der Waals surface area (Å²) in [6.07, 6.45) is 5.55. The van der Waals surface area contributed by atoms with Crippen molar-refractivity contribution in [3.8, 4) is 0 Å². The zero-order valence-electron chi connectivity index (χ0n) is 12.0. The number of rotatable bonds is 5. The van der Waals surface area contributed by atoms with Gasteiger partial charge in [-0.25, -0.2) is 0 Å². The molecule has 2 unspecified atom stereocenters. The van der Waals surface area contributed by atoms with Crippen LogP contribution in [0.4, 0.5) is 0 Å². The van der Waals surface area contributed by atoms with Gasteiger partial charge in [-0.2, -0.15) is 0 Å². The maximum atomic E-state index is 3.70. The lowest BCUT2D eigenvalue weighted by Crippen LogP contribution is -2.30. The van der Waals surface area contributed by atoms with E-state index in [1.807, 2.05) is 0 Å². The number of benzene rings is 1. The highest BCUT2D eigenvalue weighted by Crippen LogP contribution is 2.24. The van der Waals surface area contributed by atoms with Crippen LogP contribution in [0.25, 0.3) is 0 Å². The molecule has 2 rings (SSSR count). The first-order valence-electron chi connectivity index (χ1n) is 7.66. The van der Waals surface area contributed by atoms with Crippen LogP contribution in [0.3, 0.4) is 0 Å². The monoisotopic (exact) mass is 323 g/mol. The van der Waals surface area contributed by atoms with Crippen LogP contribution >= 0.6 is 15.9 Å². The number of hydrogen-bond acceptors (Lipinski definition) is 1. The van der Waals surface area contributed by atoms with E-state index in [0.717, 1.165) is 11.2 Å². The minimum atomic E-state index is 0.624. The van der Waals surface area contributed by atoms with E-state index < -0.39 is 0 Å². The number of likely N-dealkylation sites (tertiary alicyclic amines) is 1. The van der Waals surface area contributed by atoms with Gasteiger partial charge in [0.1, 0.15) is 0 Å². The summed E-state index contributed by atoms with van der Waals surface area (Å²) in [5.41, 5.74) is 1.47. The first-order chi connectivity index (χ1) is 9.33. The molecule has 0 bridgehead atoms. The first kappa shape index (κ1) is 15.1. The molecule has 0 radical (unpaired) electrons. The third-order valence-corrected chi connectivity index (χ3v) is 5.24. The Hall–Kier alpha value is -0.340. The van der Waals surface area contributed by atoms with Crippen LogP contribution in [0.2, 0.25) is 0 Å². The Balaban J connectivity index is 1.91. The fourth-order valence-electron chi connectivity index (χ4n) is 3.10. The summed E-state index contributed by atoms with van der Waals surface area (Å²) < 4.78 is 0.